The first-order valence-corrected chi connectivity index (χ1v) is 6.63. The number of nitrogens with zero attached hydrogens (tertiary/aromatic N) is 3. The van der Waals surface area contributed by atoms with Crippen LogP contribution in [0, 0.1) is 13.8 Å². The molecule has 0 spiro atoms. The lowest BCUT2D eigenvalue weighted by Crippen LogP contribution is -2.16. The number of H-pyrrole nitrogens is 1. The summed E-state index contributed by atoms with van der Waals surface area (Å²) < 4.78 is 27.9. The molecule has 0 aromatic carbocycles. The third-order valence-electron chi connectivity index (χ3n) is 2.47. The molecule has 8 nitrogen and oxygen atoms in total. The molecule has 2 aromatic rings. The maximum Gasteiger partial charge on any atom is 0.280 e. The molecule has 2 aromatic heterocycles. The number of aryl methyl sites for hydroxylation is 3. The van der Waals surface area contributed by atoms with Gasteiger partial charge in [0.1, 0.15) is 5.82 Å². The highest BCUT2D eigenvalue weighted by Crippen LogP contribution is 2.23. The molecule has 2 rings (SSSR count). The van der Waals surface area contributed by atoms with E-state index in [0.29, 0.717) is 17.2 Å². The molecule has 4 N–H and O–H groups in total. The van der Waals surface area contributed by atoms with Crippen LogP contribution in [0.1, 0.15) is 11.5 Å². The van der Waals surface area contributed by atoms with E-state index in [1.165, 1.54) is 10.9 Å². The molecule has 2 heterocycles. The highest BCUT2D eigenvalue weighted by Gasteiger charge is 2.21. The average Bonchev–Trinajstić information content (AvgIpc) is 2.80. The molecule has 18 heavy (non-hydrogen) atoms. The molecule has 0 aliphatic heterocycles. The van der Waals surface area contributed by atoms with Gasteiger partial charge in [-0.2, -0.15) is 13.5 Å². The lowest BCUT2D eigenvalue weighted by molar-refractivity contribution is 0.597. The summed E-state index contributed by atoms with van der Waals surface area (Å²) in [4.78, 5) is 6.50. The Kier molecular flexibility index (Phi) is 2.77. The summed E-state index contributed by atoms with van der Waals surface area (Å²) in [6.07, 6.45) is 1.25. The maximum atomic E-state index is 12.0. The van der Waals surface area contributed by atoms with Gasteiger partial charge >= 0.3 is 0 Å². The summed E-state index contributed by atoms with van der Waals surface area (Å²) in [5.74, 6) is 0.754. The van der Waals surface area contributed by atoms with Crippen molar-refractivity contribution in [2.75, 3.05) is 10.5 Å². The lowest BCUT2D eigenvalue weighted by atomic mass is 10.4. The number of hydrogen-bond donors (Lipinski definition) is 3. The molecule has 0 aliphatic rings. The molecule has 0 fully saturated rings. The van der Waals surface area contributed by atoms with Crippen molar-refractivity contribution in [3.63, 3.8) is 0 Å². The van der Waals surface area contributed by atoms with Crippen LogP contribution in [-0.2, 0) is 17.1 Å². The number of aromatic nitrogens is 4. The Hall–Kier alpha value is -2.03. The second-order valence-corrected chi connectivity index (χ2v) is 5.56. The van der Waals surface area contributed by atoms with E-state index in [-0.39, 0.29) is 10.8 Å². The molecule has 0 unspecified atom stereocenters. The van der Waals surface area contributed by atoms with Gasteiger partial charge in [-0.1, -0.05) is 0 Å². The third kappa shape index (κ3) is 2.04. The minimum absolute atomic E-state index is 0.0155. The number of nitrogen functional groups attached to an aromatic ring is 1. The zero-order valence-corrected chi connectivity index (χ0v) is 11.0. The summed E-state index contributed by atoms with van der Waals surface area (Å²) in [6, 6.07) is 0. The molecule has 0 saturated carbocycles. The Labute approximate surface area is 104 Å². The van der Waals surface area contributed by atoms with Crippen LogP contribution in [0.15, 0.2) is 11.2 Å². The smallest absolute Gasteiger partial charge is 0.280 e. The van der Waals surface area contributed by atoms with E-state index in [1.807, 2.05) is 0 Å². The number of anilines is 2. The predicted molar refractivity (Wildman–Crippen MR) is 66.5 cm³/mol. The van der Waals surface area contributed by atoms with Gasteiger partial charge in [-0.05, 0) is 13.8 Å². The van der Waals surface area contributed by atoms with Gasteiger partial charge in [0.25, 0.3) is 10.0 Å². The lowest BCUT2D eigenvalue weighted by Gasteiger charge is -2.07. The van der Waals surface area contributed by atoms with Crippen molar-refractivity contribution in [1.29, 1.82) is 0 Å². The Bertz CT molecular complexity index is 684. The van der Waals surface area contributed by atoms with Crippen molar-refractivity contribution in [3.05, 3.63) is 17.7 Å². The minimum Gasteiger partial charge on any atom is -0.394 e. The van der Waals surface area contributed by atoms with Gasteiger partial charge in [0, 0.05) is 7.05 Å². The van der Waals surface area contributed by atoms with Crippen molar-refractivity contribution in [3.8, 4) is 0 Å². The fourth-order valence-corrected chi connectivity index (χ4v) is 2.59. The molecule has 0 bridgehead atoms. The number of sulfonamides is 1. The van der Waals surface area contributed by atoms with E-state index >= 15 is 0 Å². The van der Waals surface area contributed by atoms with Crippen LogP contribution in [0.3, 0.4) is 0 Å². The standard InChI is InChI=1S/C9H14N6O2S/c1-5-8(10)9(15(3)13-5)14-18(16,17)7-4-11-6(2)12-7/h4,14H,10H2,1-3H3,(H,11,12). The topological polar surface area (TPSA) is 119 Å². The number of rotatable bonds is 3. The van der Waals surface area contributed by atoms with Gasteiger partial charge in [0.2, 0.25) is 0 Å². The van der Waals surface area contributed by atoms with E-state index in [1.54, 1.807) is 20.9 Å². The van der Waals surface area contributed by atoms with Gasteiger partial charge in [0.05, 0.1) is 17.6 Å². The second-order valence-electron chi connectivity index (χ2n) is 3.91. The van der Waals surface area contributed by atoms with Gasteiger partial charge in [-0.15, -0.1) is 0 Å². The normalized spacial score (nSPS) is 11.7. The van der Waals surface area contributed by atoms with Crippen molar-refractivity contribution >= 4 is 21.5 Å². The summed E-state index contributed by atoms with van der Waals surface area (Å²) in [7, 11) is -2.12. The second kappa shape index (κ2) is 4.02. The fourth-order valence-electron chi connectivity index (χ4n) is 1.51. The van der Waals surface area contributed by atoms with Crippen LogP contribution < -0.4 is 10.5 Å². The van der Waals surface area contributed by atoms with Crippen LogP contribution in [-0.4, -0.2) is 28.2 Å². The van der Waals surface area contributed by atoms with Crippen LogP contribution in [0.4, 0.5) is 11.5 Å². The largest absolute Gasteiger partial charge is 0.394 e. The quantitative estimate of drug-likeness (QED) is 0.733. The van der Waals surface area contributed by atoms with Gasteiger partial charge in [0.15, 0.2) is 10.8 Å². The van der Waals surface area contributed by atoms with Crippen molar-refractivity contribution < 1.29 is 8.42 Å². The third-order valence-corrected chi connectivity index (χ3v) is 3.72. The first-order chi connectivity index (χ1) is 8.31. The van der Waals surface area contributed by atoms with Crippen molar-refractivity contribution in [1.82, 2.24) is 19.7 Å². The number of nitrogens with two attached hydrogens (primary N) is 1. The van der Waals surface area contributed by atoms with Crippen LogP contribution in [0.25, 0.3) is 0 Å². The molecule has 98 valence electrons. The highest BCUT2D eigenvalue weighted by atomic mass is 32.2. The Balaban J connectivity index is 2.39. The first-order valence-electron chi connectivity index (χ1n) is 5.15. The maximum absolute atomic E-state index is 12.0. The molecule has 0 aliphatic carbocycles. The average molecular weight is 270 g/mol. The molecule has 0 atom stereocenters. The van der Waals surface area contributed by atoms with Crippen LogP contribution >= 0.6 is 0 Å². The predicted octanol–water partition coefficient (Wildman–Crippen LogP) is 0.143. The van der Waals surface area contributed by atoms with Gasteiger partial charge in [-0.25, -0.2) is 9.67 Å². The van der Waals surface area contributed by atoms with Crippen molar-refractivity contribution in [2.24, 2.45) is 7.05 Å². The van der Waals surface area contributed by atoms with E-state index in [9.17, 15) is 8.42 Å². The van der Waals surface area contributed by atoms with E-state index in [0.717, 1.165) is 0 Å². The highest BCUT2D eigenvalue weighted by molar-refractivity contribution is 7.92. The molecular weight excluding hydrogens is 256 g/mol. The monoisotopic (exact) mass is 270 g/mol. The Morgan fingerprint density at radius 3 is 2.56 bits per heavy atom. The zero-order chi connectivity index (χ0) is 13.5. The fraction of sp³-hybridized carbons (Fsp3) is 0.333. The summed E-state index contributed by atoms with van der Waals surface area (Å²) in [6.45, 7) is 3.37. The van der Waals surface area contributed by atoms with Crippen LogP contribution in [0.5, 0.6) is 0 Å². The number of nitrogens with one attached hydrogen (secondary N) is 2. The zero-order valence-electron chi connectivity index (χ0n) is 10.2. The van der Waals surface area contributed by atoms with Crippen LogP contribution in [0.2, 0.25) is 0 Å². The van der Waals surface area contributed by atoms with E-state index in [2.05, 4.69) is 19.8 Å². The molecule has 9 heteroatoms. The summed E-state index contributed by atoms with van der Waals surface area (Å²) >= 11 is 0. The number of aromatic amines is 1. The molecule has 0 radical (unpaired) electrons. The summed E-state index contributed by atoms with van der Waals surface area (Å²) in [5.41, 5.74) is 6.63. The van der Waals surface area contributed by atoms with Crippen molar-refractivity contribution in [2.45, 2.75) is 18.9 Å². The van der Waals surface area contributed by atoms with E-state index in [4.69, 9.17) is 5.73 Å². The Morgan fingerprint density at radius 2 is 2.11 bits per heavy atom. The van der Waals surface area contributed by atoms with E-state index < -0.39 is 10.0 Å². The van der Waals surface area contributed by atoms with Gasteiger partial charge in [-0.3, -0.25) is 4.72 Å². The number of imidazole rings is 1. The summed E-state index contributed by atoms with van der Waals surface area (Å²) in [5, 5.41) is 4.02. The minimum atomic E-state index is -3.73. The molecule has 0 amide bonds. The Morgan fingerprint density at radius 1 is 1.44 bits per heavy atom. The molecular formula is C9H14N6O2S. The number of hydrogen-bond acceptors (Lipinski definition) is 5. The van der Waals surface area contributed by atoms with Gasteiger partial charge < -0.3 is 10.7 Å². The molecule has 0 saturated heterocycles. The SMILES string of the molecule is Cc1ncc(S(=O)(=O)Nc2c(N)c(C)nn2C)[nH]1. The first kappa shape index (κ1) is 12.4.